The molecule has 12 heteroatoms. The number of sulfonamides is 2. The number of benzene rings is 4. The van der Waals surface area contributed by atoms with Crippen molar-refractivity contribution in [1.29, 1.82) is 0 Å². The van der Waals surface area contributed by atoms with Gasteiger partial charge >= 0.3 is 0 Å². The lowest BCUT2D eigenvalue weighted by molar-refractivity contribution is 0.216. The molecule has 0 aliphatic carbocycles. The highest BCUT2D eigenvalue weighted by Gasteiger charge is 2.29. The van der Waals surface area contributed by atoms with Crippen molar-refractivity contribution < 1.29 is 21.6 Å². The Morgan fingerprint density at radius 2 is 1.30 bits per heavy atom. The molecule has 1 atom stereocenters. The van der Waals surface area contributed by atoms with Crippen LogP contribution in [0.15, 0.2) is 113 Å². The summed E-state index contributed by atoms with van der Waals surface area (Å²) in [6.45, 7) is 4.93. The van der Waals surface area contributed by atoms with Crippen molar-refractivity contribution in [2.24, 2.45) is 5.92 Å². The van der Waals surface area contributed by atoms with Gasteiger partial charge in [-0.3, -0.25) is 0 Å². The highest BCUT2D eigenvalue weighted by Crippen LogP contribution is 2.38. The number of nitrogens with zero attached hydrogens (tertiary/aromatic N) is 3. The minimum Gasteiger partial charge on any atom is -0.373 e. The molecular weight excluding hydrogens is 719 g/mol. The average molecular weight is 764 g/mol. The van der Waals surface area contributed by atoms with Crippen molar-refractivity contribution >= 4 is 53.1 Å². The minimum absolute atomic E-state index is 0.0387. The van der Waals surface area contributed by atoms with E-state index >= 15 is 0 Å². The zero-order valence-corrected chi connectivity index (χ0v) is 32.4. The van der Waals surface area contributed by atoms with Crippen LogP contribution in [0.4, 0.5) is 5.69 Å². The van der Waals surface area contributed by atoms with Crippen LogP contribution in [0.25, 0.3) is 49.9 Å². The van der Waals surface area contributed by atoms with Gasteiger partial charge in [0.05, 0.1) is 23.0 Å². The molecule has 0 spiro atoms. The van der Waals surface area contributed by atoms with Gasteiger partial charge in [-0.1, -0.05) is 61.9 Å². The molecule has 10 nitrogen and oxygen atoms in total. The van der Waals surface area contributed by atoms with E-state index in [0.717, 1.165) is 87.1 Å². The first-order valence-electron chi connectivity index (χ1n) is 18.4. The number of anilines is 1. The lowest BCUT2D eigenvalue weighted by Crippen LogP contribution is -2.37. The van der Waals surface area contributed by atoms with Gasteiger partial charge in [-0.2, -0.15) is 8.61 Å². The zero-order chi connectivity index (χ0) is 37.6. The van der Waals surface area contributed by atoms with E-state index in [-0.39, 0.29) is 22.9 Å². The normalized spacial score (nSPS) is 16.7. The van der Waals surface area contributed by atoms with Gasteiger partial charge in [0.1, 0.15) is 0 Å². The van der Waals surface area contributed by atoms with Gasteiger partial charge in [0.2, 0.25) is 20.0 Å². The van der Waals surface area contributed by atoms with Crippen molar-refractivity contribution in [3.63, 3.8) is 0 Å². The molecule has 2 aliphatic heterocycles. The van der Waals surface area contributed by atoms with Crippen molar-refractivity contribution in [2.45, 2.75) is 29.6 Å². The van der Waals surface area contributed by atoms with E-state index in [4.69, 9.17) is 4.74 Å². The summed E-state index contributed by atoms with van der Waals surface area (Å²) >= 11 is 0. The summed E-state index contributed by atoms with van der Waals surface area (Å²) in [5.74, 6) is 0.598. The molecule has 280 valence electrons. The SMILES string of the molecule is CCC1CCN(c2ccc(S(=O)(=O)N(C)CCN(C)S(=O)(=O)c3ccc(C4=CCOC4)c(-c4cc5ccccc5[nH]4)c3)cc2-c2cc3ccccc3[nH]2)C1. The Morgan fingerprint density at radius 3 is 1.85 bits per heavy atom. The predicted octanol–water partition coefficient (Wildman–Crippen LogP) is 7.57. The summed E-state index contributed by atoms with van der Waals surface area (Å²) in [6, 6.07) is 30.5. The maximum atomic E-state index is 14.1. The standard InChI is InChI=1S/C42H45N5O5S2/c1-4-29-17-19-47(27-29)42-16-14-34(26-37(42)41-24-31-10-6-8-12-39(31)44-41)54(50,51)46(3)21-20-45(2)53(48,49)33-13-15-35(32-18-22-52-28-32)36(25-33)40-23-30-9-5-7-11-38(30)43-40/h5-16,18,23-26,29,43-44H,4,17,19-22,27-28H2,1-3H3. The first-order valence-corrected chi connectivity index (χ1v) is 21.3. The van der Waals surface area contributed by atoms with Gasteiger partial charge in [-0.15, -0.1) is 0 Å². The van der Waals surface area contributed by atoms with Crippen LogP contribution in [0.3, 0.4) is 0 Å². The number of aromatic nitrogens is 2. The number of likely N-dealkylation sites (N-methyl/N-ethyl adjacent to an activating group) is 2. The number of fused-ring (bicyclic) bond motifs is 2. The monoisotopic (exact) mass is 763 g/mol. The smallest absolute Gasteiger partial charge is 0.242 e. The molecule has 6 aromatic rings. The topological polar surface area (TPSA) is 119 Å². The number of para-hydroxylation sites is 2. The van der Waals surface area contributed by atoms with Gasteiger partial charge in [0.15, 0.2) is 0 Å². The van der Waals surface area contributed by atoms with Gasteiger partial charge in [-0.25, -0.2) is 16.8 Å². The Balaban J connectivity index is 1.05. The quantitative estimate of drug-likeness (QED) is 0.133. The van der Waals surface area contributed by atoms with E-state index in [0.29, 0.717) is 19.1 Å². The molecular formula is C42H45N5O5S2. The largest absolute Gasteiger partial charge is 0.373 e. The molecule has 1 saturated heterocycles. The molecule has 4 aromatic carbocycles. The minimum atomic E-state index is -3.99. The highest BCUT2D eigenvalue weighted by molar-refractivity contribution is 7.89. The molecule has 0 saturated carbocycles. The number of H-pyrrole nitrogens is 2. The maximum Gasteiger partial charge on any atom is 0.242 e. The van der Waals surface area contributed by atoms with E-state index in [1.807, 2.05) is 72.8 Å². The second kappa shape index (κ2) is 14.5. The molecule has 8 rings (SSSR count). The Morgan fingerprint density at radius 1 is 0.722 bits per heavy atom. The van der Waals surface area contributed by atoms with Crippen molar-refractivity contribution in [1.82, 2.24) is 18.6 Å². The Kier molecular flexibility index (Phi) is 9.74. The Bertz CT molecular complexity index is 2540. The summed E-state index contributed by atoms with van der Waals surface area (Å²) in [4.78, 5) is 9.58. The molecule has 0 bridgehead atoms. The Hall–Kier alpha value is -4.72. The summed E-state index contributed by atoms with van der Waals surface area (Å²) in [7, 11) is -4.97. The van der Waals surface area contributed by atoms with Crippen LogP contribution in [0, 0.1) is 5.92 Å². The summed E-state index contributed by atoms with van der Waals surface area (Å²) in [5, 5.41) is 2.07. The van der Waals surface area contributed by atoms with E-state index < -0.39 is 20.0 Å². The van der Waals surface area contributed by atoms with E-state index in [1.165, 1.54) is 22.7 Å². The summed E-state index contributed by atoms with van der Waals surface area (Å²) in [5.41, 5.74) is 8.07. The number of aromatic amines is 2. The third-order valence-corrected chi connectivity index (χ3v) is 14.7. The fourth-order valence-electron chi connectivity index (χ4n) is 7.63. The van der Waals surface area contributed by atoms with Crippen LogP contribution < -0.4 is 4.90 Å². The second-order valence-corrected chi connectivity index (χ2v) is 18.4. The lowest BCUT2D eigenvalue weighted by Gasteiger charge is -2.25. The number of nitrogens with one attached hydrogen (secondary N) is 2. The molecule has 0 radical (unpaired) electrons. The molecule has 4 heterocycles. The molecule has 54 heavy (non-hydrogen) atoms. The van der Waals surface area contributed by atoms with Crippen LogP contribution in [0.5, 0.6) is 0 Å². The van der Waals surface area contributed by atoms with Gasteiger partial charge < -0.3 is 19.6 Å². The van der Waals surface area contributed by atoms with E-state index in [2.05, 4.69) is 27.9 Å². The van der Waals surface area contributed by atoms with Crippen molar-refractivity contribution in [3.8, 4) is 22.5 Å². The van der Waals surface area contributed by atoms with E-state index in [9.17, 15) is 16.8 Å². The molecule has 0 amide bonds. The van der Waals surface area contributed by atoms with Crippen LogP contribution in [0.1, 0.15) is 25.3 Å². The first kappa shape index (κ1) is 36.3. The molecule has 1 unspecified atom stereocenters. The van der Waals surface area contributed by atoms with Crippen molar-refractivity contribution in [3.05, 3.63) is 109 Å². The number of hydrogen-bond acceptors (Lipinski definition) is 6. The van der Waals surface area contributed by atoms with Crippen molar-refractivity contribution in [2.75, 3.05) is 58.4 Å². The fourth-order valence-corrected chi connectivity index (χ4v) is 10.0. The predicted molar refractivity (Wildman–Crippen MR) is 217 cm³/mol. The highest BCUT2D eigenvalue weighted by atomic mass is 32.2. The third kappa shape index (κ3) is 6.77. The summed E-state index contributed by atoms with van der Waals surface area (Å²) < 4.78 is 64.3. The van der Waals surface area contributed by atoms with Crippen LogP contribution >= 0.6 is 0 Å². The molecule has 2 aromatic heterocycles. The molecule has 2 N–H and O–H groups in total. The van der Waals surface area contributed by atoms with Crippen LogP contribution in [0.2, 0.25) is 0 Å². The summed E-state index contributed by atoms with van der Waals surface area (Å²) in [6.07, 6.45) is 4.22. The third-order valence-electron chi connectivity index (χ3n) is 11.0. The molecule has 1 fully saturated rings. The number of rotatable bonds is 12. The second-order valence-electron chi connectivity index (χ2n) is 14.3. The molecule has 2 aliphatic rings. The van der Waals surface area contributed by atoms with Gasteiger partial charge in [-0.05, 0) is 78.1 Å². The lowest BCUT2D eigenvalue weighted by atomic mass is 9.98. The van der Waals surface area contributed by atoms with Gasteiger partial charge in [0, 0.05) is 90.3 Å². The first-order chi connectivity index (χ1) is 26.0. The fraction of sp³-hybridized carbons (Fsp3) is 0.286. The zero-order valence-electron chi connectivity index (χ0n) is 30.7. The van der Waals surface area contributed by atoms with Gasteiger partial charge in [0.25, 0.3) is 0 Å². The van der Waals surface area contributed by atoms with Crippen LogP contribution in [-0.4, -0.2) is 88.9 Å². The Labute approximate surface area is 317 Å². The number of ether oxygens (including phenoxy) is 1. The van der Waals surface area contributed by atoms with E-state index in [1.54, 1.807) is 24.3 Å². The average Bonchev–Trinajstić information content (AvgIpc) is 4.02. The number of hydrogen-bond donors (Lipinski definition) is 2. The van der Waals surface area contributed by atoms with Crippen LogP contribution in [-0.2, 0) is 24.8 Å². The maximum absolute atomic E-state index is 14.1.